The van der Waals surface area contributed by atoms with Gasteiger partial charge in [0, 0.05) is 38.8 Å². The van der Waals surface area contributed by atoms with Crippen LogP contribution in [0.25, 0.3) is 11.0 Å². The van der Waals surface area contributed by atoms with Crippen molar-refractivity contribution in [3.8, 4) is 0 Å². The molecule has 0 spiro atoms. The summed E-state index contributed by atoms with van der Waals surface area (Å²) in [5.41, 5.74) is 4.66. The van der Waals surface area contributed by atoms with Crippen molar-refractivity contribution in [3.05, 3.63) is 69.6 Å². The minimum absolute atomic E-state index is 0.113. The molecule has 6 heteroatoms. The number of imidazole rings is 1. The van der Waals surface area contributed by atoms with Gasteiger partial charge in [-0.2, -0.15) is 0 Å². The zero-order valence-electron chi connectivity index (χ0n) is 14.8. The minimum atomic E-state index is -0.178. The lowest BCUT2D eigenvalue weighted by Crippen LogP contribution is -2.37. The number of hydrogen-bond donors (Lipinski definition) is 2. The van der Waals surface area contributed by atoms with Crippen LogP contribution >= 0.6 is 0 Å². The predicted octanol–water partition coefficient (Wildman–Crippen LogP) is 1.65. The SMILES string of the molecule is Cn1c(=O)[nH]c2ccc(C(=O)NCCN3CCc4ccccc4C3)cc21. The van der Waals surface area contributed by atoms with E-state index >= 15 is 0 Å². The zero-order valence-corrected chi connectivity index (χ0v) is 14.8. The van der Waals surface area contributed by atoms with Gasteiger partial charge in [-0.3, -0.25) is 14.3 Å². The van der Waals surface area contributed by atoms with Gasteiger partial charge in [0.25, 0.3) is 5.91 Å². The molecule has 1 amide bonds. The van der Waals surface area contributed by atoms with Crippen LogP contribution in [0.15, 0.2) is 47.3 Å². The second kappa shape index (κ2) is 6.80. The molecule has 0 fully saturated rings. The molecule has 2 aromatic carbocycles. The van der Waals surface area contributed by atoms with Gasteiger partial charge in [0.2, 0.25) is 0 Å². The van der Waals surface area contributed by atoms with Crippen LogP contribution in [0.2, 0.25) is 0 Å². The predicted molar refractivity (Wildman–Crippen MR) is 101 cm³/mol. The fraction of sp³-hybridized carbons (Fsp3) is 0.300. The molecule has 6 nitrogen and oxygen atoms in total. The topological polar surface area (TPSA) is 70.1 Å². The molecular formula is C20H22N4O2. The van der Waals surface area contributed by atoms with Gasteiger partial charge < -0.3 is 10.3 Å². The first kappa shape index (κ1) is 16.6. The highest BCUT2D eigenvalue weighted by Gasteiger charge is 2.15. The maximum Gasteiger partial charge on any atom is 0.326 e. The maximum absolute atomic E-state index is 12.4. The Morgan fingerprint density at radius 1 is 1.19 bits per heavy atom. The molecule has 1 aliphatic rings. The van der Waals surface area contributed by atoms with Crippen LogP contribution in [0, 0.1) is 0 Å². The second-order valence-electron chi connectivity index (χ2n) is 6.77. The molecule has 3 aromatic rings. The molecule has 26 heavy (non-hydrogen) atoms. The Morgan fingerprint density at radius 2 is 2.00 bits per heavy atom. The van der Waals surface area contributed by atoms with Crippen LogP contribution in [0.4, 0.5) is 0 Å². The van der Waals surface area contributed by atoms with Crippen LogP contribution in [0.5, 0.6) is 0 Å². The molecule has 4 rings (SSSR count). The summed E-state index contributed by atoms with van der Waals surface area (Å²) < 4.78 is 1.51. The van der Waals surface area contributed by atoms with E-state index < -0.39 is 0 Å². The molecule has 134 valence electrons. The van der Waals surface area contributed by atoms with E-state index in [1.54, 1.807) is 25.2 Å². The summed E-state index contributed by atoms with van der Waals surface area (Å²) in [5.74, 6) is -0.113. The van der Waals surface area contributed by atoms with Gasteiger partial charge in [0.15, 0.2) is 0 Å². The number of nitrogens with zero attached hydrogens (tertiary/aromatic N) is 2. The van der Waals surface area contributed by atoms with Crippen molar-refractivity contribution in [1.82, 2.24) is 19.8 Å². The number of carbonyl (C=O) groups is 1. The summed E-state index contributed by atoms with van der Waals surface area (Å²) in [6.45, 7) is 3.38. The highest BCUT2D eigenvalue weighted by Crippen LogP contribution is 2.18. The lowest BCUT2D eigenvalue weighted by Gasteiger charge is -2.28. The maximum atomic E-state index is 12.4. The number of rotatable bonds is 4. The number of aromatic amines is 1. The Bertz CT molecular complexity index is 1020. The molecule has 0 saturated carbocycles. The number of fused-ring (bicyclic) bond motifs is 2. The molecule has 0 unspecified atom stereocenters. The lowest BCUT2D eigenvalue weighted by molar-refractivity contribution is 0.0947. The van der Waals surface area contributed by atoms with Crippen LogP contribution in [0.3, 0.4) is 0 Å². The van der Waals surface area contributed by atoms with Crippen LogP contribution < -0.4 is 11.0 Å². The second-order valence-corrected chi connectivity index (χ2v) is 6.77. The summed E-state index contributed by atoms with van der Waals surface area (Å²) in [5, 5.41) is 2.98. The lowest BCUT2D eigenvalue weighted by atomic mass is 10.00. The Morgan fingerprint density at radius 3 is 2.85 bits per heavy atom. The highest BCUT2D eigenvalue weighted by atomic mass is 16.2. The monoisotopic (exact) mass is 350 g/mol. The van der Waals surface area contributed by atoms with Gasteiger partial charge >= 0.3 is 5.69 Å². The first-order valence-corrected chi connectivity index (χ1v) is 8.88. The molecule has 1 aliphatic heterocycles. The number of H-pyrrole nitrogens is 1. The molecule has 2 heterocycles. The van der Waals surface area contributed by atoms with E-state index in [4.69, 9.17) is 0 Å². The van der Waals surface area contributed by atoms with Crippen molar-refractivity contribution in [2.75, 3.05) is 19.6 Å². The summed E-state index contributed by atoms with van der Waals surface area (Å²) in [6.07, 6.45) is 1.06. The molecule has 0 bridgehead atoms. The fourth-order valence-electron chi connectivity index (χ4n) is 3.54. The van der Waals surface area contributed by atoms with Crippen molar-refractivity contribution >= 4 is 16.9 Å². The average molecular weight is 350 g/mol. The van der Waals surface area contributed by atoms with Crippen molar-refractivity contribution in [2.24, 2.45) is 7.05 Å². The van der Waals surface area contributed by atoms with Crippen molar-refractivity contribution < 1.29 is 4.79 Å². The van der Waals surface area contributed by atoms with E-state index in [0.717, 1.165) is 37.1 Å². The van der Waals surface area contributed by atoms with Gasteiger partial charge in [-0.25, -0.2) is 4.79 Å². The van der Waals surface area contributed by atoms with Gasteiger partial charge in [0.05, 0.1) is 11.0 Å². The van der Waals surface area contributed by atoms with E-state index in [1.807, 2.05) is 0 Å². The third kappa shape index (κ3) is 3.15. The smallest absolute Gasteiger partial charge is 0.326 e. The molecular weight excluding hydrogens is 328 g/mol. The number of aryl methyl sites for hydroxylation is 1. The Hall–Kier alpha value is -2.86. The Labute approximate surface area is 151 Å². The number of nitrogens with one attached hydrogen (secondary N) is 2. The summed E-state index contributed by atoms with van der Waals surface area (Å²) >= 11 is 0. The minimum Gasteiger partial charge on any atom is -0.351 e. The van der Waals surface area contributed by atoms with Gasteiger partial charge in [-0.1, -0.05) is 24.3 Å². The molecule has 0 atom stereocenters. The quantitative estimate of drug-likeness (QED) is 0.752. The van der Waals surface area contributed by atoms with Crippen molar-refractivity contribution in [2.45, 2.75) is 13.0 Å². The largest absolute Gasteiger partial charge is 0.351 e. The molecule has 2 N–H and O–H groups in total. The van der Waals surface area contributed by atoms with Crippen LogP contribution in [0.1, 0.15) is 21.5 Å². The standard InChI is InChI=1S/C20H22N4O2/c1-23-18-12-15(6-7-17(18)22-20(23)26)19(25)21-9-11-24-10-8-14-4-2-3-5-16(14)13-24/h2-7,12H,8-11,13H2,1H3,(H,21,25)(H,22,26). The van der Waals surface area contributed by atoms with Gasteiger partial charge in [0.1, 0.15) is 0 Å². The molecule has 0 aliphatic carbocycles. The van der Waals surface area contributed by atoms with Crippen molar-refractivity contribution in [3.63, 3.8) is 0 Å². The molecule has 1 aromatic heterocycles. The first-order chi connectivity index (χ1) is 12.6. The number of carbonyl (C=O) groups excluding carboxylic acids is 1. The van der Waals surface area contributed by atoms with Gasteiger partial charge in [-0.05, 0) is 35.7 Å². The summed E-state index contributed by atoms with van der Waals surface area (Å²) in [7, 11) is 1.69. The van der Waals surface area contributed by atoms with E-state index in [0.29, 0.717) is 12.1 Å². The van der Waals surface area contributed by atoms with E-state index in [2.05, 4.69) is 39.5 Å². The molecule has 0 radical (unpaired) electrons. The number of hydrogen-bond acceptors (Lipinski definition) is 3. The number of amides is 1. The number of aromatic nitrogens is 2. The fourth-order valence-corrected chi connectivity index (χ4v) is 3.54. The summed E-state index contributed by atoms with van der Waals surface area (Å²) in [4.78, 5) is 29.2. The highest BCUT2D eigenvalue weighted by molar-refractivity contribution is 5.97. The first-order valence-electron chi connectivity index (χ1n) is 8.88. The van der Waals surface area contributed by atoms with E-state index in [1.165, 1.54) is 15.7 Å². The third-order valence-electron chi connectivity index (χ3n) is 5.09. The third-order valence-corrected chi connectivity index (χ3v) is 5.09. The average Bonchev–Trinajstić information content (AvgIpc) is 2.95. The van der Waals surface area contributed by atoms with Gasteiger partial charge in [-0.15, -0.1) is 0 Å². The van der Waals surface area contributed by atoms with Crippen molar-refractivity contribution in [1.29, 1.82) is 0 Å². The Balaban J connectivity index is 1.36. The Kier molecular flexibility index (Phi) is 4.34. The van der Waals surface area contributed by atoms with E-state index in [9.17, 15) is 9.59 Å². The van der Waals surface area contributed by atoms with E-state index in [-0.39, 0.29) is 11.6 Å². The van der Waals surface area contributed by atoms with Crippen LogP contribution in [-0.4, -0.2) is 40.0 Å². The summed E-state index contributed by atoms with van der Waals surface area (Å²) in [6, 6.07) is 13.8. The van der Waals surface area contributed by atoms with Crippen LogP contribution in [-0.2, 0) is 20.0 Å². The number of benzene rings is 2. The zero-order chi connectivity index (χ0) is 18.1. The molecule has 0 saturated heterocycles. The normalized spacial score (nSPS) is 14.3.